The van der Waals surface area contributed by atoms with Gasteiger partial charge >= 0.3 is 0 Å². The standard InChI is InChI=1S/C17H23N3O/c1-13(2)17-11-15(6-9-21-17)19-14-4-3-5-16(10-14)20-8-7-18-12-20/h3-5,7-8,10,12-13,15,17,19H,6,9,11H2,1-2H3. The molecule has 2 atom stereocenters. The largest absolute Gasteiger partial charge is 0.382 e. The SMILES string of the molecule is CC(C)C1CC(Nc2cccc(-n3ccnc3)c2)CCO1. The number of aromatic nitrogens is 2. The van der Waals surface area contributed by atoms with Gasteiger partial charge < -0.3 is 14.6 Å². The summed E-state index contributed by atoms with van der Waals surface area (Å²) in [5, 5.41) is 3.65. The Kier molecular flexibility index (Phi) is 4.25. The van der Waals surface area contributed by atoms with Gasteiger partial charge in [-0.2, -0.15) is 0 Å². The van der Waals surface area contributed by atoms with Crippen LogP contribution in [0.15, 0.2) is 43.0 Å². The molecule has 4 heteroatoms. The third kappa shape index (κ3) is 3.45. The molecule has 0 radical (unpaired) electrons. The molecule has 112 valence electrons. The van der Waals surface area contributed by atoms with Crippen molar-refractivity contribution in [2.45, 2.75) is 38.8 Å². The number of anilines is 1. The maximum Gasteiger partial charge on any atom is 0.0991 e. The van der Waals surface area contributed by atoms with Gasteiger partial charge in [0.1, 0.15) is 0 Å². The highest BCUT2D eigenvalue weighted by Crippen LogP contribution is 2.24. The van der Waals surface area contributed by atoms with Gasteiger partial charge in [-0.3, -0.25) is 0 Å². The Labute approximate surface area is 126 Å². The van der Waals surface area contributed by atoms with Crippen molar-refractivity contribution in [2.75, 3.05) is 11.9 Å². The van der Waals surface area contributed by atoms with Gasteiger partial charge in [-0.25, -0.2) is 4.98 Å². The van der Waals surface area contributed by atoms with Crippen molar-refractivity contribution in [1.29, 1.82) is 0 Å². The first-order valence-corrected chi connectivity index (χ1v) is 7.69. The zero-order valence-corrected chi connectivity index (χ0v) is 12.7. The van der Waals surface area contributed by atoms with Crippen LogP contribution in [-0.2, 0) is 4.74 Å². The lowest BCUT2D eigenvalue weighted by Crippen LogP contribution is -2.36. The van der Waals surface area contributed by atoms with Gasteiger partial charge in [-0.05, 0) is 37.0 Å². The predicted molar refractivity (Wildman–Crippen MR) is 84.8 cm³/mol. The highest BCUT2D eigenvalue weighted by Gasteiger charge is 2.24. The lowest BCUT2D eigenvalue weighted by Gasteiger charge is -2.33. The highest BCUT2D eigenvalue weighted by atomic mass is 16.5. The molecule has 2 unspecified atom stereocenters. The summed E-state index contributed by atoms with van der Waals surface area (Å²) < 4.78 is 7.86. The van der Waals surface area contributed by atoms with Gasteiger partial charge in [0, 0.05) is 36.4 Å². The third-order valence-corrected chi connectivity index (χ3v) is 4.08. The Morgan fingerprint density at radius 2 is 2.29 bits per heavy atom. The first-order valence-electron chi connectivity index (χ1n) is 7.69. The topological polar surface area (TPSA) is 39.1 Å². The summed E-state index contributed by atoms with van der Waals surface area (Å²) in [6, 6.07) is 8.95. The molecule has 0 amide bonds. The van der Waals surface area contributed by atoms with Gasteiger partial charge in [-0.15, -0.1) is 0 Å². The zero-order chi connectivity index (χ0) is 14.7. The minimum atomic E-state index is 0.369. The number of hydrogen-bond acceptors (Lipinski definition) is 3. The van der Waals surface area contributed by atoms with Crippen LogP contribution in [0.25, 0.3) is 5.69 Å². The maximum absolute atomic E-state index is 5.84. The van der Waals surface area contributed by atoms with Crippen LogP contribution >= 0.6 is 0 Å². The van der Waals surface area contributed by atoms with E-state index < -0.39 is 0 Å². The van der Waals surface area contributed by atoms with Crippen LogP contribution in [0.1, 0.15) is 26.7 Å². The van der Waals surface area contributed by atoms with Crippen molar-refractivity contribution in [3.05, 3.63) is 43.0 Å². The number of hydrogen-bond donors (Lipinski definition) is 1. The van der Waals surface area contributed by atoms with Crippen molar-refractivity contribution in [3.8, 4) is 5.69 Å². The van der Waals surface area contributed by atoms with Crippen LogP contribution < -0.4 is 5.32 Å². The quantitative estimate of drug-likeness (QED) is 0.934. The first kappa shape index (κ1) is 14.1. The second-order valence-electron chi connectivity index (χ2n) is 6.04. The number of ether oxygens (including phenoxy) is 1. The Bertz CT molecular complexity index is 565. The smallest absolute Gasteiger partial charge is 0.0991 e. The molecular weight excluding hydrogens is 262 g/mol. The summed E-state index contributed by atoms with van der Waals surface area (Å²) in [4.78, 5) is 4.10. The summed E-state index contributed by atoms with van der Waals surface area (Å²) in [5.74, 6) is 0.576. The second kappa shape index (κ2) is 6.31. The zero-order valence-electron chi connectivity index (χ0n) is 12.7. The van der Waals surface area contributed by atoms with Crippen molar-refractivity contribution in [3.63, 3.8) is 0 Å². The normalized spacial score (nSPS) is 22.4. The van der Waals surface area contributed by atoms with Gasteiger partial charge in [0.05, 0.1) is 12.4 Å². The minimum absolute atomic E-state index is 0.369. The molecule has 4 nitrogen and oxygen atoms in total. The average molecular weight is 285 g/mol. The molecule has 1 aromatic carbocycles. The molecule has 0 aliphatic carbocycles. The van der Waals surface area contributed by atoms with Crippen LogP contribution in [0.4, 0.5) is 5.69 Å². The van der Waals surface area contributed by atoms with Crippen LogP contribution in [0.5, 0.6) is 0 Å². The fourth-order valence-corrected chi connectivity index (χ4v) is 2.83. The molecule has 1 aliphatic heterocycles. The van der Waals surface area contributed by atoms with Crippen LogP contribution in [0, 0.1) is 5.92 Å². The van der Waals surface area contributed by atoms with E-state index in [-0.39, 0.29) is 0 Å². The number of imidazole rings is 1. The third-order valence-electron chi connectivity index (χ3n) is 4.08. The number of rotatable bonds is 4. The van der Waals surface area contributed by atoms with E-state index in [0.717, 1.165) is 30.8 Å². The lowest BCUT2D eigenvalue weighted by atomic mass is 9.95. The fraction of sp³-hybridized carbons (Fsp3) is 0.471. The minimum Gasteiger partial charge on any atom is -0.382 e. The van der Waals surface area contributed by atoms with E-state index in [4.69, 9.17) is 4.74 Å². The Morgan fingerprint density at radius 1 is 1.38 bits per heavy atom. The molecule has 1 aliphatic rings. The van der Waals surface area contributed by atoms with E-state index >= 15 is 0 Å². The molecular formula is C17H23N3O. The molecule has 1 fully saturated rings. The number of nitrogens with one attached hydrogen (secondary N) is 1. The molecule has 1 saturated heterocycles. The monoisotopic (exact) mass is 285 g/mol. The van der Waals surface area contributed by atoms with Crippen molar-refractivity contribution in [2.24, 2.45) is 5.92 Å². The van der Waals surface area contributed by atoms with Crippen molar-refractivity contribution in [1.82, 2.24) is 9.55 Å². The van der Waals surface area contributed by atoms with Crippen LogP contribution in [-0.4, -0.2) is 28.3 Å². The Hall–Kier alpha value is -1.81. The van der Waals surface area contributed by atoms with Crippen LogP contribution in [0.2, 0.25) is 0 Å². The maximum atomic E-state index is 5.84. The summed E-state index contributed by atoms with van der Waals surface area (Å²) in [6.45, 7) is 5.31. The fourth-order valence-electron chi connectivity index (χ4n) is 2.83. The summed E-state index contributed by atoms with van der Waals surface area (Å²) in [6.07, 6.45) is 8.09. The molecule has 0 spiro atoms. The summed E-state index contributed by atoms with van der Waals surface area (Å²) in [5.41, 5.74) is 2.29. The van der Waals surface area contributed by atoms with E-state index in [9.17, 15) is 0 Å². The molecule has 1 N–H and O–H groups in total. The molecule has 2 heterocycles. The van der Waals surface area contributed by atoms with E-state index in [1.54, 1.807) is 6.20 Å². The number of benzene rings is 1. The molecule has 0 saturated carbocycles. The van der Waals surface area contributed by atoms with Gasteiger partial charge in [-0.1, -0.05) is 19.9 Å². The predicted octanol–water partition coefficient (Wildman–Crippen LogP) is 3.49. The van der Waals surface area contributed by atoms with Gasteiger partial charge in [0.2, 0.25) is 0 Å². The van der Waals surface area contributed by atoms with E-state index in [1.807, 2.05) is 17.1 Å². The van der Waals surface area contributed by atoms with E-state index in [0.29, 0.717) is 18.1 Å². The van der Waals surface area contributed by atoms with E-state index in [1.165, 1.54) is 0 Å². The van der Waals surface area contributed by atoms with Gasteiger partial charge in [0.25, 0.3) is 0 Å². The highest BCUT2D eigenvalue weighted by molar-refractivity contribution is 5.51. The summed E-state index contributed by atoms with van der Waals surface area (Å²) in [7, 11) is 0. The van der Waals surface area contributed by atoms with Crippen molar-refractivity contribution >= 4 is 5.69 Å². The molecule has 21 heavy (non-hydrogen) atoms. The van der Waals surface area contributed by atoms with Crippen molar-refractivity contribution < 1.29 is 4.74 Å². The molecule has 2 aromatic rings. The second-order valence-corrected chi connectivity index (χ2v) is 6.04. The number of nitrogens with zero attached hydrogens (tertiary/aromatic N) is 2. The molecule has 1 aromatic heterocycles. The average Bonchev–Trinajstić information content (AvgIpc) is 3.02. The van der Waals surface area contributed by atoms with Crippen LogP contribution in [0.3, 0.4) is 0 Å². The molecule has 3 rings (SSSR count). The van der Waals surface area contributed by atoms with E-state index in [2.05, 4.69) is 48.4 Å². The first-order chi connectivity index (χ1) is 10.2. The Morgan fingerprint density at radius 3 is 3.05 bits per heavy atom. The summed E-state index contributed by atoms with van der Waals surface area (Å²) >= 11 is 0. The Balaban J connectivity index is 1.69. The molecule has 0 bridgehead atoms. The lowest BCUT2D eigenvalue weighted by molar-refractivity contribution is -0.0160. The van der Waals surface area contributed by atoms with Gasteiger partial charge in [0.15, 0.2) is 0 Å².